The number of anilines is 1. The Morgan fingerprint density at radius 2 is 2.21 bits per heavy atom. The first-order valence-electron chi connectivity index (χ1n) is 8.75. The molecule has 1 saturated heterocycles. The Kier molecular flexibility index (Phi) is 4.76. The molecule has 0 aliphatic carbocycles. The van der Waals surface area contributed by atoms with Gasteiger partial charge in [0, 0.05) is 38.3 Å². The van der Waals surface area contributed by atoms with Crippen LogP contribution in [0.25, 0.3) is 11.0 Å². The first-order chi connectivity index (χ1) is 11.5. The van der Waals surface area contributed by atoms with Crippen molar-refractivity contribution in [3.63, 3.8) is 0 Å². The van der Waals surface area contributed by atoms with Gasteiger partial charge in [-0.25, -0.2) is 9.78 Å². The highest BCUT2D eigenvalue weighted by atomic mass is 16.2. The number of nitrogens with zero attached hydrogens (tertiary/aromatic N) is 4. The summed E-state index contributed by atoms with van der Waals surface area (Å²) in [6, 6.07) is 6.20. The van der Waals surface area contributed by atoms with Gasteiger partial charge in [0.25, 0.3) is 0 Å². The lowest BCUT2D eigenvalue weighted by molar-refractivity contribution is 0.204. The molecule has 1 N–H and O–H groups in total. The number of carbonyl (C=O) groups is 1. The number of amides is 2. The fourth-order valence-electron chi connectivity index (χ4n) is 3.49. The summed E-state index contributed by atoms with van der Waals surface area (Å²) in [4.78, 5) is 21.3. The van der Waals surface area contributed by atoms with Gasteiger partial charge in [0.1, 0.15) is 5.82 Å². The molecule has 2 aromatic rings. The van der Waals surface area contributed by atoms with E-state index >= 15 is 0 Å². The smallest absolute Gasteiger partial charge is 0.321 e. The first kappa shape index (κ1) is 16.8. The van der Waals surface area contributed by atoms with Crippen LogP contribution in [0.15, 0.2) is 18.2 Å². The summed E-state index contributed by atoms with van der Waals surface area (Å²) in [6.07, 6.45) is 1.93. The highest BCUT2D eigenvalue weighted by Crippen LogP contribution is 2.22. The Morgan fingerprint density at radius 3 is 2.83 bits per heavy atom. The zero-order valence-corrected chi connectivity index (χ0v) is 15.0. The number of hydrogen-bond donors (Lipinski definition) is 1. The molecule has 1 aliphatic heterocycles. The summed E-state index contributed by atoms with van der Waals surface area (Å²) in [5.74, 6) is 1.09. The predicted molar refractivity (Wildman–Crippen MR) is 97.5 cm³/mol. The molecule has 2 heterocycles. The van der Waals surface area contributed by atoms with E-state index in [0.29, 0.717) is 0 Å². The van der Waals surface area contributed by atoms with Crippen LogP contribution >= 0.6 is 0 Å². The fourth-order valence-corrected chi connectivity index (χ4v) is 3.49. The van der Waals surface area contributed by atoms with Gasteiger partial charge in [0.15, 0.2) is 0 Å². The maximum atomic E-state index is 12.5. The lowest BCUT2D eigenvalue weighted by atomic mass is 10.2. The Bertz CT molecular complexity index is 738. The van der Waals surface area contributed by atoms with Crippen LogP contribution in [-0.2, 0) is 13.0 Å². The molecule has 1 aromatic carbocycles. The lowest BCUT2D eigenvalue weighted by Crippen LogP contribution is -2.41. The first-order valence-corrected chi connectivity index (χ1v) is 8.75. The number of hydrogen-bond acceptors (Lipinski definition) is 3. The number of carbonyl (C=O) groups excluding carboxylic acids is 1. The van der Waals surface area contributed by atoms with Gasteiger partial charge < -0.3 is 19.7 Å². The molecule has 2 amide bonds. The Labute approximate surface area is 143 Å². The number of urea groups is 1. The zero-order valence-electron chi connectivity index (χ0n) is 15.0. The van der Waals surface area contributed by atoms with Crippen molar-refractivity contribution in [2.75, 3.05) is 32.5 Å². The molecule has 0 radical (unpaired) electrons. The third kappa shape index (κ3) is 3.11. The number of aryl methyl sites for hydroxylation is 2. The van der Waals surface area contributed by atoms with Crippen molar-refractivity contribution in [3.05, 3.63) is 24.0 Å². The number of nitrogens with one attached hydrogen (secondary N) is 1. The van der Waals surface area contributed by atoms with E-state index in [1.54, 1.807) is 0 Å². The number of imidazole rings is 1. The molecule has 0 saturated carbocycles. The van der Waals surface area contributed by atoms with Crippen LogP contribution in [0, 0.1) is 0 Å². The third-order valence-electron chi connectivity index (χ3n) is 4.95. The quantitative estimate of drug-likeness (QED) is 0.938. The zero-order chi connectivity index (χ0) is 17.3. The van der Waals surface area contributed by atoms with E-state index in [4.69, 9.17) is 4.98 Å². The number of likely N-dealkylation sites (tertiary alicyclic amines) is 1. The van der Waals surface area contributed by atoms with Gasteiger partial charge >= 0.3 is 6.03 Å². The third-order valence-corrected chi connectivity index (χ3v) is 4.95. The van der Waals surface area contributed by atoms with E-state index in [9.17, 15) is 4.79 Å². The van der Waals surface area contributed by atoms with E-state index in [2.05, 4.69) is 35.7 Å². The Hall–Kier alpha value is -2.08. The monoisotopic (exact) mass is 329 g/mol. The molecule has 1 aliphatic rings. The number of fused-ring (bicyclic) bond motifs is 1. The van der Waals surface area contributed by atoms with Gasteiger partial charge in [-0.05, 0) is 45.1 Å². The highest BCUT2D eigenvalue weighted by molar-refractivity contribution is 5.92. The molecule has 0 spiro atoms. The van der Waals surface area contributed by atoms with Gasteiger partial charge in [0.05, 0.1) is 11.0 Å². The van der Waals surface area contributed by atoms with Gasteiger partial charge in [-0.2, -0.15) is 0 Å². The number of benzene rings is 1. The van der Waals surface area contributed by atoms with Crippen molar-refractivity contribution in [1.82, 2.24) is 19.4 Å². The van der Waals surface area contributed by atoms with Crippen LogP contribution in [0.2, 0.25) is 0 Å². The van der Waals surface area contributed by atoms with Crippen molar-refractivity contribution in [1.29, 1.82) is 0 Å². The average molecular weight is 329 g/mol. The SMILES string of the molecule is CCc1nc2cc(NC(=O)N(C)C3CCN(C)C3)ccc2n1CC. The summed E-state index contributed by atoms with van der Waals surface area (Å²) in [7, 11) is 3.97. The number of aromatic nitrogens is 2. The summed E-state index contributed by atoms with van der Waals surface area (Å²) in [6.45, 7) is 7.13. The van der Waals surface area contributed by atoms with Gasteiger partial charge in [-0.3, -0.25) is 0 Å². The molecule has 1 fully saturated rings. The molecular formula is C18H27N5O. The standard InChI is InChI=1S/C18H27N5O/c1-5-17-20-15-11-13(7-8-16(15)23(17)6-2)19-18(24)22(4)14-9-10-21(3)12-14/h7-8,11,14H,5-6,9-10,12H2,1-4H3,(H,19,24). The van der Waals surface area contributed by atoms with E-state index in [1.807, 2.05) is 30.1 Å². The largest absolute Gasteiger partial charge is 0.328 e. The van der Waals surface area contributed by atoms with E-state index in [0.717, 1.165) is 55.0 Å². The van der Waals surface area contributed by atoms with Crippen LogP contribution < -0.4 is 5.32 Å². The maximum absolute atomic E-state index is 12.5. The molecular weight excluding hydrogens is 302 g/mol. The van der Waals surface area contributed by atoms with Crippen LogP contribution in [0.3, 0.4) is 0 Å². The maximum Gasteiger partial charge on any atom is 0.321 e. The summed E-state index contributed by atoms with van der Waals surface area (Å²) in [5, 5.41) is 3.01. The minimum atomic E-state index is -0.0553. The number of rotatable bonds is 4. The highest BCUT2D eigenvalue weighted by Gasteiger charge is 2.26. The van der Waals surface area contributed by atoms with Crippen molar-refractivity contribution < 1.29 is 4.79 Å². The van der Waals surface area contributed by atoms with Crippen LogP contribution in [0.1, 0.15) is 26.1 Å². The van der Waals surface area contributed by atoms with Crippen LogP contribution in [0.5, 0.6) is 0 Å². The molecule has 1 aromatic heterocycles. The number of likely N-dealkylation sites (N-methyl/N-ethyl adjacent to an activating group) is 2. The molecule has 6 nitrogen and oxygen atoms in total. The van der Waals surface area contributed by atoms with Gasteiger partial charge in [-0.15, -0.1) is 0 Å². The van der Waals surface area contributed by atoms with Gasteiger partial charge in [0.2, 0.25) is 0 Å². The van der Waals surface area contributed by atoms with Crippen molar-refractivity contribution in [2.45, 2.75) is 39.3 Å². The topological polar surface area (TPSA) is 53.4 Å². The summed E-state index contributed by atoms with van der Waals surface area (Å²) < 4.78 is 2.22. The molecule has 130 valence electrons. The lowest BCUT2D eigenvalue weighted by Gasteiger charge is -2.24. The van der Waals surface area contributed by atoms with Gasteiger partial charge in [-0.1, -0.05) is 6.92 Å². The fraction of sp³-hybridized carbons (Fsp3) is 0.556. The summed E-state index contributed by atoms with van der Waals surface area (Å²) in [5.41, 5.74) is 2.86. The molecule has 0 bridgehead atoms. The predicted octanol–water partition coefficient (Wildman–Crippen LogP) is 2.79. The molecule has 1 unspecified atom stereocenters. The normalized spacial score (nSPS) is 18.2. The molecule has 24 heavy (non-hydrogen) atoms. The van der Waals surface area contributed by atoms with E-state index in [1.165, 1.54) is 0 Å². The van der Waals surface area contributed by atoms with Crippen molar-refractivity contribution >= 4 is 22.8 Å². The molecule has 3 rings (SSSR count). The van der Waals surface area contributed by atoms with E-state index in [-0.39, 0.29) is 12.1 Å². The second-order valence-electron chi connectivity index (χ2n) is 6.58. The van der Waals surface area contributed by atoms with Crippen molar-refractivity contribution in [3.8, 4) is 0 Å². The second-order valence-corrected chi connectivity index (χ2v) is 6.58. The van der Waals surface area contributed by atoms with Crippen LogP contribution in [-0.4, -0.2) is 58.6 Å². The molecule has 1 atom stereocenters. The average Bonchev–Trinajstić information content (AvgIpc) is 3.16. The Morgan fingerprint density at radius 1 is 1.42 bits per heavy atom. The Balaban J connectivity index is 1.76. The molecule has 6 heteroatoms. The summed E-state index contributed by atoms with van der Waals surface area (Å²) >= 11 is 0. The second kappa shape index (κ2) is 6.81. The minimum Gasteiger partial charge on any atom is -0.328 e. The van der Waals surface area contributed by atoms with Crippen molar-refractivity contribution in [2.24, 2.45) is 0 Å². The van der Waals surface area contributed by atoms with E-state index < -0.39 is 0 Å². The van der Waals surface area contributed by atoms with Crippen LogP contribution in [0.4, 0.5) is 10.5 Å². The minimum absolute atomic E-state index is 0.0553.